The average molecular weight is 473 g/mol. The van der Waals surface area contributed by atoms with Gasteiger partial charge in [-0.3, -0.25) is 9.78 Å². The molecule has 5 rings (SSSR count). The molecule has 0 spiro atoms. The molecule has 0 radical (unpaired) electrons. The summed E-state index contributed by atoms with van der Waals surface area (Å²) in [7, 11) is 0. The molecule has 3 heterocycles. The average Bonchev–Trinajstić information content (AvgIpc) is 3.28. The van der Waals surface area contributed by atoms with E-state index in [1.54, 1.807) is 47.5 Å². The van der Waals surface area contributed by atoms with Crippen molar-refractivity contribution in [2.45, 2.75) is 13.1 Å². The van der Waals surface area contributed by atoms with Crippen molar-refractivity contribution >= 4 is 17.2 Å². The number of pyridine rings is 1. The smallest absolute Gasteiger partial charge is 0.322 e. The summed E-state index contributed by atoms with van der Waals surface area (Å²) >= 11 is 0. The minimum absolute atomic E-state index is 0.0825. The number of benzene rings is 2. The molecular weight excluding hydrogens is 455 g/mol. The van der Waals surface area contributed by atoms with Gasteiger partial charge in [0.05, 0.1) is 17.5 Å². The van der Waals surface area contributed by atoms with E-state index in [0.29, 0.717) is 11.3 Å². The van der Waals surface area contributed by atoms with Crippen molar-refractivity contribution in [3.63, 3.8) is 0 Å². The van der Waals surface area contributed by atoms with Gasteiger partial charge in [-0.15, -0.1) is 0 Å². The highest BCUT2D eigenvalue weighted by molar-refractivity contribution is 6.04. The number of carbonyl (C=O) groups is 1. The Kier molecular flexibility index (Phi) is 5.52. The molecule has 0 saturated heterocycles. The fourth-order valence-electron chi connectivity index (χ4n) is 3.88. The molecule has 0 atom stereocenters. The van der Waals surface area contributed by atoms with Gasteiger partial charge in [-0.25, -0.2) is 9.50 Å². The number of anilines is 1. The van der Waals surface area contributed by atoms with Crippen LogP contribution < -0.4 is 5.32 Å². The highest BCUT2D eigenvalue weighted by atomic mass is 19.4. The van der Waals surface area contributed by atoms with Gasteiger partial charge < -0.3 is 5.32 Å². The lowest BCUT2D eigenvalue weighted by Crippen LogP contribution is -2.14. The molecule has 9 heteroatoms. The van der Waals surface area contributed by atoms with E-state index < -0.39 is 17.6 Å². The van der Waals surface area contributed by atoms with E-state index in [9.17, 15) is 18.0 Å². The number of rotatable bonds is 4. The Bertz CT molecular complexity index is 1540. The van der Waals surface area contributed by atoms with Gasteiger partial charge in [0.25, 0.3) is 5.91 Å². The third-order valence-corrected chi connectivity index (χ3v) is 5.53. The zero-order valence-corrected chi connectivity index (χ0v) is 18.4. The van der Waals surface area contributed by atoms with E-state index in [2.05, 4.69) is 20.4 Å². The first-order valence-electron chi connectivity index (χ1n) is 10.6. The summed E-state index contributed by atoms with van der Waals surface area (Å²) in [6.45, 7) is 1.90. The molecule has 174 valence electrons. The number of aryl methyl sites for hydroxylation is 1. The lowest BCUT2D eigenvalue weighted by atomic mass is 10.1. The molecule has 5 aromatic rings. The first kappa shape index (κ1) is 22.3. The van der Waals surface area contributed by atoms with Crippen molar-refractivity contribution in [3.8, 4) is 22.4 Å². The normalized spacial score (nSPS) is 11.5. The molecule has 0 fully saturated rings. The van der Waals surface area contributed by atoms with Crippen LogP contribution in [0.2, 0.25) is 0 Å². The van der Waals surface area contributed by atoms with Crippen molar-refractivity contribution in [1.82, 2.24) is 19.6 Å². The van der Waals surface area contributed by atoms with E-state index in [1.165, 1.54) is 12.1 Å². The van der Waals surface area contributed by atoms with Gasteiger partial charge >= 0.3 is 6.18 Å². The number of halogens is 3. The van der Waals surface area contributed by atoms with E-state index in [1.807, 2.05) is 25.1 Å². The van der Waals surface area contributed by atoms with Crippen LogP contribution in [0.4, 0.5) is 18.9 Å². The second-order valence-corrected chi connectivity index (χ2v) is 7.94. The second kappa shape index (κ2) is 8.68. The topological polar surface area (TPSA) is 72.2 Å². The maximum atomic E-state index is 13.0. The Balaban J connectivity index is 1.50. The highest BCUT2D eigenvalue weighted by Crippen LogP contribution is 2.31. The van der Waals surface area contributed by atoms with Crippen LogP contribution in [0, 0.1) is 6.92 Å². The van der Waals surface area contributed by atoms with Crippen LogP contribution in [0.15, 0.2) is 85.5 Å². The molecule has 3 aromatic heterocycles. The summed E-state index contributed by atoms with van der Waals surface area (Å²) in [5, 5.41) is 7.22. The molecule has 0 aliphatic heterocycles. The number of fused-ring (bicyclic) bond motifs is 1. The monoisotopic (exact) mass is 473 g/mol. The van der Waals surface area contributed by atoms with Crippen LogP contribution in [-0.4, -0.2) is 25.5 Å². The van der Waals surface area contributed by atoms with Crippen LogP contribution in [0.3, 0.4) is 0 Å². The van der Waals surface area contributed by atoms with Gasteiger partial charge in [-0.2, -0.15) is 18.3 Å². The first-order chi connectivity index (χ1) is 16.8. The number of nitrogens with one attached hydrogen (secondary N) is 1. The fourth-order valence-corrected chi connectivity index (χ4v) is 3.88. The molecule has 2 aromatic carbocycles. The molecule has 1 amide bonds. The number of hydrogen-bond acceptors (Lipinski definition) is 4. The van der Waals surface area contributed by atoms with Crippen molar-refractivity contribution in [2.75, 3.05) is 5.32 Å². The number of amides is 1. The van der Waals surface area contributed by atoms with Gasteiger partial charge in [0.2, 0.25) is 0 Å². The van der Waals surface area contributed by atoms with Crippen molar-refractivity contribution in [3.05, 3.63) is 102 Å². The summed E-state index contributed by atoms with van der Waals surface area (Å²) in [4.78, 5) is 21.4. The highest BCUT2D eigenvalue weighted by Gasteiger charge is 2.30. The predicted molar refractivity (Wildman–Crippen MR) is 126 cm³/mol. The van der Waals surface area contributed by atoms with E-state index in [4.69, 9.17) is 0 Å². The summed E-state index contributed by atoms with van der Waals surface area (Å²) in [6, 6.07) is 15.1. The fraction of sp³-hybridized carbons (Fsp3) is 0.0769. The van der Waals surface area contributed by atoms with Gasteiger partial charge in [-0.1, -0.05) is 24.3 Å². The van der Waals surface area contributed by atoms with Crippen LogP contribution in [0.5, 0.6) is 0 Å². The summed E-state index contributed by atoms with van der Waals surface area (Å²) < 4.78 is 40.8. The third-order valence-electron chi connectivity index (χ3n) is 5.53. The number of aromatic nitrogens is 4. The van der Waals surface area contributed by atoms with E-state index >= 15 is 0 Å². The number of hydrogen-bond donors (Lipinski definition) is 1. The number of nitrogens with zero attached hydrogens (tertiary/aromatic N) is 4. The van der Waals surface area contributed by atoms with E-state index in [-0.39, 0.29) is 5.56 Å². The summed E-state index contributed by atoms with van der Waals surface area (Å²) in [5.74, 6) is -0.636. The standard InChI is InChI=1S/C26H18F3N5O/c1-16-13-31-24-22(19-7-4-10-30-14-19)15-32-34(24)23(16)17-5-3-9-21(12-17)33-25(35)18-6-2-8-20(11-18)26(27,28)29/h2-15H,1H3,(H,33,35). The van der Waals surface area contributed by atoms with Gasteiger partial charge in [0.15, 0.2) is 5.65 Å². The Labute approximate surface area is 198 Å². The van der Waals surface area contributed by atoms with Gasteiger partial charge in [-0.05, 0) is 48.9 Å². The Hall–Kier alpha value is -4.53. The molecular formula is C26H18F3N5O. The van der Waals surface area contributed by atoms with Gasteiger partial charge in [0, 0.05) is 46.5 Å². The lowest BCUT2D eigenvalue weighted by Gasteiger charge is -2.12. The Morgan fingerprint density at radius 2 is 1.74 bits per heavy atom. The van der Waals surface area contributed by atoms with Crippen LogP contribution >= 0.6 is 0 Å². The maximum absolute atomic E-state index is 13.0. The molecule has 0 bridgehead atoms. The minimum atomic E-state index is -4.53. The van der Waals surface area contributed by atoms with Crippen molar-refractivity contribution in [1.29, 1.82) is 0 Å². The van der Waals surface area contributed by atoms with E-state index in [0.717, 1.165) is 40.1 Å². The van der Waals surface area contributed by atoms with Crippen LogP contribution in [0.25, 0.3) is 28.0 Å². The van der Waals surface area contributed by atoms with Crippen LogP contribution in [-0.2, 0) is 6.18 Å². The molecule has 35 heavy (non-hydrogen) atoms. The maximum Gasteiger partial charge on any atom is 0.416 e. The Morgan fingerprint density at radius 3 is 2.51 bits per heavy atom. The van der Waals surface area contributed by atoms with Crippen LogP contribution in [0.1, 0.15) is 21.5 Å². The lowest BCUT2D eigenvalue weighted by molar-refractivity contribution is -0.137. The second-order valence-electron chi connectivity index (χ2n) is 7.94. The number of alkyl halides is 3. The van der Waals surface area contributed by atoms with Crippen molar-refractivity contribution < 1.29 is 18.0 Å². The molecule has 0 aliphatic rings. The largest absolute Gasteiger partial charge is 0.416 e. The van der Waals surface area contributed by atoms with Gasteiger partial charge in [0.1, 0.15) is 0 Å². The van der Waals surface area contributed by atoms with Crippen molar-refractivity contribution in [2.24, 2.45) is 0 Å². The first-order valence-corrected chi connectivity index (χ1v) is 10.6. The summed E-state index contributed by atoms with van der Waals surface area (Å²) in [5.41, 5.74) is 4.24. The molecule has 0 saturated carbocycles. The predicted octanol–water partition coefficient (Wildman–Crippen LogP) is 6.04. The zero-order valence-electron chi connectivity index (χ0n) is 18.4. The molecule has 6 nitrogen and oxygen atoms in total. The Morgan fingerprint density at radius 1 is 0.943 bits per heavy atom. The summed E-state index contributed by atoms with van der Waals surface area (Å²) in [6.07, 6.45) is 2.38. The molecule has 1 N–H and O–H groups in total. The SMILES string of the molecule is Cc1cnc2c(-c3cccnc3)cnn2c1-c1cccc(NC(=O)c2cccc(C(F)(F)F)c2)c1. The molecule has 0 aliphatic carbocycles. The quantitative estimate of drug-likeness (QED) is 0.346. The zero-order chi connectivity index (χ0) is 24.6. The number of carbonyl (C=O) groups excluding carboxylic acids is 1. The molecule has 0 unspecified atom stereocenters. The third kappa shape index (κ3) is 4.35. The minimum Gasteiger partial charge on any atom is -0.322 e.